The summed E-state index contributed by atoms with van der Waals surface area (Å²) in [5.74, 6) is -0.159. The zero-order chi connectivity index (χ0) is 15.6. The molecule has 0 aromatic rings. The van der Waals surface area contributed by atoms with Crippen LogP contribution in [-0.2, 0) is 9.53 Å². The smallest absolute Gasteiger partial charge is 0.308 e. The summed E-state index contributed by atoms with van der Waals surface area (Å²) in [5.41, 5.74) is -0.390. The SMILES string of the molecule is CC(C)C(=O)OCC(C)(C)C(O)C(C)C.OCCO. The molecular weight excluding hydrogens is 248 g/mol. The number of hydrogen-bond donors (Lipinski definition) is 3. The fourth-order valence-electron chi connectivity index (χ4n) is 1.41. The van der Waals surface area contributed by atoms with Gasteiger partial charge in [0.1, 0.15) is 0 Å². The predicted octanol–water partition coefficient (Wildman–Crippen LogP) is 1.20. The summed E-state index contributed by atoms with van der Waals surface area (Å²) in [6.45, 7) is 11.3. The van der Waals surface area contributed by atoms with E-state index in [1.54, 1.807) is 13.8 Å². The minimum atomic E-state index is -0.461. The molecular formula is C14H30O5. The van der Waals surface area contributed by atoms with Crippen LogP contribution < -0.4 is 0 Å². The first-order chi connectivity index (χ1) is 8.60. The maximum Gasteiger partial charge on any atom is 0.308 e. The largest absolute Gasteiger partial charge is 0.465 e. The Kier molecular flexibility index (Phi) is 11.1. The maximum atomic E-state index is 11.3. The fourth-order valence-corrected chi connectivity index (χ4v) is 1.41. The first kappa shape index (κ1) is 20.7. The number of esters is 1. The number of aliphatic hydroxyl groups is 3. The molecule has 0 amide bonds. The van der Waals surface area contributed by atoms with Crippen molar-refractivity contribution in [1.82, 2.24) is 0 Å². The molecule has 0 aliphatic heterocycles. The molecule has 1 unspecified atom stereocenters. The van der Waals surface area contributed by atoms with E-state index < -0.39 is 11.5 Å². The zero-order valence-corrected chi connectivity index (χ0v) is 13.0. The summed E-state index contributed by atoms with van der Waals surface area (Å²) >= 11 is 0. The highest BCUT2D eigenvalue weighted by Crippen LogP contribution is 2.26. The molecule has 0 heterocycles. The molecule has 0 radical (unpaired) electrons. The molecule has 3 N–H and O–H groups in total. The Labute approximate surface area is 116 Å². The van der Waals surface area contributed by atoms with Crippen LogP contribution >= 0.6 is 0 Å². The van der Waals surface area contributed by atoms with Crippen molar-refractivity contribution in [2.75, 3.05) is 19.8 Å². The zero-order valence-electron chi connectivity index (χ0n) is 13.0. The Morgan fingerprint density at radius 2 is 1.53 bits per heavy atom. The molecule has 0 saturated carbocycles. The van der Waals surface area contributed by atoms with Gasteiger partial charge in [-0.1, -0.05) is 41.5 Å². The number of carbonyl (C=O) groups excluding carboxylic acids is 1. The van der Waals surface area contributed by atoms with Gasteiger partial charge in [-0.05, 0) is 5.92 Å². The lowest BCUT2D eigenvalue weighted by Crippen LogP contribution is -2.38. The Bertz CT molecular complexity index is 234. The van der Waals surface area contributed by atoms with E-state index in [0.29, 0.717) is 0 Å². The van der Waals surface area contributed by atoms with Gasteiger partial charge in [0.25, 0.3) is 0 Å². The van der Waals surface area contributed by atoms with Gasteiger partial charge in [0.05, 0.1) is 31.8 Å². The van der Waals surface area contributed by atoms with Crippen LogP contribution in [0.3, 0.4) is 0 Å². The van der Waals surface area contributed by atoms with Crippen molar-refractivity contribution in [3.63, 3.8) is 0 Å². The molecule has 0 rings (SSSR count). The van der Waals surface area contributed by atoms with Crippen molar-refractivity contribution in [3.8, 4) is 0 Å². The summed E-state index contributed by atoms with van der Waals surface area (Å²) in [7, 11) is 0. The molecule has 0 saturated heterocycles. The number of rotatable bonds is 6. The van der Waals surface area contributed by atoms with Crippen molar-refractivity contribution in [1.29, 1.82) is 0 Å². The van der Waals surface area contributed by atoms with Gasteiger partial charge in [0.2, 0.25) is 0 Å². The van der Waals surface area contributed by atoms with Gasteiger partial charge in [-0.3, -0.25) is 4.79 Å². The predicted molar refractivity (Wildman–Crippen MR) is 74.6 cm³/mol. The summed E-state index contributed by atoms with van der Waals surface area (Å²) in [4.78, 5) is 11.3. The molecule has 116 valence electrons. The monoisotopic (exact) mass is 278 g/mol. The molecule has 5 heteroatoms. The van der Waals surface area contributed by atoms with Gasteiger partial charge in [0, 0.05) is 5.41 Å². The van der Waals surface area contributed by atoms with E-state index in [4.69, 9.17) is 14.9 Å². The van der Waals surface area contributed by atoms with Crippen LogP contribution in [0.4, 0.5) is 0 Å². The summed E-state index contributed by atoms with van der Waals surface area (Å²) in [6, 6.07) is 0. The van der Waals surface area contributed by atoms with Crippen LogP contribution in [0.1, 0.15) is 41.5 Å². The van der Waals surface area contributed by atoms with Crippen molar-refractivity contribution in [2.24, 2.45) is 17.3 Å². The molecule has 1 atom stereocenters. The quantitative estimate of drug-likeness (QED) is 0.636. The minimum Gasteiger partial charge on any atom is -0.465 e. The summed E-state index contributed by atoms with van der Waals surface area (Å²) in [6.07, 6.45) is -0.461. The summed E-state index contributed by atoms with van der Waals surface area (Å²) in [5, 5.41) is 25.2. The third kappa shape index (κ3) is 9.87. The topological polar surface area (TPSA) is 87.0 Å². The van der Waals surface area contributed by atoms with Crippen LogP contribution in [0.2, 0.25) is 0 Å². The molecule has 19 heavy (non-hydrogen) atoms. The molecule has 0 bridgehead atoms. The van der Waals surface area contributed by atoms with Crippen LogP contribution in [-0.4, -0.2) is 47.2 Å². The van der Waals surface area contributed by atoms with E-state index in [1.165, 1.54) is 0 Å². The van der Waals surface area contributed by atoms with Gasteiger partial charge in [-0.15, -0.1) is 0 Å². The Hall–Kier alpha value is -0.650. The second-order valence-corrected chi connectivity index (χ2v) is 5.89. The molecule has 0 aliphatic carbocycles. The molecule has 0 aromatic carbocycles. The highest BCUT2D eigenvalue weighted by molar-refractivity contribution is 5.71. The van der Waals surface area contributed by atoms with Crippen LogP contribution in [0.15, 0.2) is 0 Å². The van der Waals surface area contributed by atoms with Crippen molar-refractivity contribution in [3.05, 3.63) is 0 Å². The first-order valence-corrected chi connectivity index (χ1v) is 6.66. The molecule has 0 aromatic heterocycles. The van der Waals surface area contributed by atoms with Crippen molar-refractivity contribution < 1.29 is 24.9 Å². The van der Waals surface area contributed by atoms with Crippen LogP contribution in [0.5, 0.6) is 0 Å². The molecule has 5 nitrogen and oxygen atoms in total. The number of hydrogen-bond acceptors (Lipinski definition) is 5. The van der Waals surface area contributed by atoms with E-state index in [0.717, 1.165) is 0 Å². The van der Waals surface area contributed by atoms with Crippen LogP contribution in [0, 0.1) is 17.3 Å². The minimum absolute atomic E-state index is 0.114. The molecule has 0 spiro atoms. The van der Waals surface area contributed by atoms with Gasteiger partial charge in [-0.25, -0.2) is 0 Å². The van der Waals surface area contributed by atoms with E-state index >= 15 is 0 Å². The first-order valence-electron chi connectivity index (χ1n) is 6.66. The number of ether oxygens (including phenoxy) is 1. The van der Waals surface area contributed by atoms with Gasteiger partial charge in [0.15, 0.2) is 0 Å². The third-order valence-corrected chi connectivity index (χ3v) is 2.59. The number of aliphatic hydroxyl groups excluding tert-OH is 3. The van der Waals surface area contributed by atoms with Gasteiger partial charge >= 0.3 is 5.97 Å². The third-order valence-electron chi connectivity index (χ3n) is 2.59. The Morgan fingerprint density at radius 3 is 1.79 bits per heavy atom. The van der Waals surface area contributed by atoms with E-state index in [1.807, 2.05) is 27.7 Å². The fraction of sp³-hybridized carbons (Fsp3) is 0.929. The Balaban J connectivity index is 0. The lowest BCUT2D eigenvalue weighted by molar-refractivity contribution is -0.153. The Morgan fingerprint density at radius 1 is 1.11 bits per heavy atom. The highest BCUT2D eigenvalue weighted by atomic mass is 16.5. The average molecular weight is 278 g/mol. The van der Waals surface area contributed by atoms with Gasteiger partial charge in [-0.2, -0.15) is 0 Å². The molecule has 0 aliphatic rings. The maximum absolute atomic E-state index is 11.3. The van der Waals surface area contributed by atoms with E-state index in [-0.39, 0.29) is 37.6 Å². The number of carbonyl (C=O) groups is 1. The lowest BCUT2D eigenvalue weighted by atomic mass is 9.81. The normalized spacial score (nSPS) is 13.0. The molecule has 0 fully saturated rings. The van der Waals surface area contributed by atoms with Crippen molar-refractivity contribution in [2.45, 2.75) is 47.6 Å². The van der Waals surface area contributed by atoms with E-state index in [2.05, 4.69) is 0 Å². The van der Waals surface area contributed by atoms with E-state index in [9.17, 15) is 9.90 Å². The highest BCUT2D eigenvalue weighted by Gasteiger charge is 2.31. The van der Waals surface area contributed by atoms with Crippen molar-refractivity contribution >= 4 is 5.97 Å². The van der Waals surface area contributed by atoms with Gasteiger partial charge < -0.3 is 20.1 Å². The van der Waals surface area contributed by atoms with Crippen LogP contribution in [0.25, 0.3) is 0 Å². The standard InChI is InChI=1S/C12H24O3.C2H6O2/c1-8(2)10(13)12(5,6)7-15-11(14)9(3)4;3-1-2-4/h8-10,13H,7H2,1-6H3;3-4H,1-2H2. The lowest BCUT2D eigenvalue weighted by Gasteiger charge is -2.32. The average Bonchev–Trinajstić information content (AvgIpc) is 2.34. The second-order valence-electron chi connectivity index (χ2n) is 5.89. The summed E-state index contributed by atoms with van der Waals surface area (Å²) < 4.78 is 5.14. The second kappa shape index (κ2) is 10.2.